The highest BCUT2D eigenvalue weighted by Gasteiger charge is 2.16. The van der Waals surface area contributed by atoms with Gasteiger partial charge in [0.05, 0.1) is 11.2 Å². The minimum absolute atomic E-state index is 0.699. The maximum Gasteiger partial charge on any atom is 0.160 e. The second kappa shape index (κ2) is 12.4. The fourth-order valence-electron chi connectivity index (χ4n) is 7.69. The standard InChI is InChI=1S/C49H31N3/c1-6-20-44(38(15-1)32-25-27-50-28-26-32)48-45-21-7-8-22-47(45)51-49(52-48)37-14-10-13-35(30-37)33-11-9-12-34(29-33)36-23-24-43-41-18-3-2-16-39(41)40-17-4-5-19-42(40)46(43)31-36/h1-31H. The van der Waals surface area contributed by atoms with E-state index in [1.165, 1.54) is 43.4 Å². The van der Waals surface area contributed by atoms with E-state index in [1.54, 1.807) is 0 Å². The predicted octanol–water partition coefficient (Wildman–Crippen LogP) is 12.8. The molecule has 3 heteroatoms. The van der Waals surface area contributed by atoms with E-state index in [2.05, 4.69) is 163 Å². The van der Waals surface area contributed by atoms with Gasteiger partial charge in [0.1, 0.15) is 0 Å². The van der Waals surface area contributed by atoms with E-state index in [1.807, 2.05) is 30.6 Å². The Morgan fingerprint density at radius 2 is 0.788 bits per heavy atom. The van der Waals surface area contributed by atoms with Crippen molar-refractivity contribution < 1.29 is 0 Å². The molecule has 0 saturated heterocycles. The van der Waals surface area contributed by atoms with Gasteiger partial charge in [-0.05, 0) is 102 Å². The molecule has 0 aliphatic heterocycles. The molecule has 0 atom stereocenters. The average Bonchev–Trinajstić information content (AvgIpc) is 3.23. The quantitative estimate of drug-likeness (QED) is 0.172. The maximum absolute atomic E-state index is 5.28. The lowest BCUT2D eigenvalue weighted by Crippen LogP contribution is -1.97. The molecule has 10 rings (SSSR count). The van der Waals surface area contributed by atoms with Crippen LogP contribution in [0.2, 0.25) is 0 Å². The SMILES string of the molecule is c1cc(-c2cccc(-c3nc(-c4ccccc4-c4ccncc4)c4ccccc4n3)c2)cc(-c2ccc3c4ccccc4c4ccccc4c3c2)c1. The van der Waals surface area contributed by atoms with Crippen LogP contribution in [-0.2, 0) is 0 Å². The van der Waals surface area contributed by atoms with Crippen molar-refractivity contribution in [3.63, 3.8) is 0 Å². The van der Waals surface area contributed by atoms with Crippen LogP contribution in [0.4, 0.5) is 0 Å². The van der Waals surface area contributed by atoms with Gasteiger partial charge in [-0.1, -0.05) is 140 Å². The number of aromatic nitrogens is 3. The molecule has 52 heavy (non-hydrogen) atoms. The van der Waals surface area contributed by atoms with Crippen molar-refractivity contribution in [2.24, 2.45) is 0 Å². The second-order valence-corrected chi connectivity index (χ2v) is 13.2. The van der Waals surface area contributed by atoms with Crippen molar-refractivity contribution in [2.75, 3.05) is 0 Å². The normalized spacial score (nSPS) is 11.5. The maximum atomic E-state index is 5.28. The van der Waals surface area contributed by atoms with Crippen molar-refractivity contribution >= 4 is 43.2 Å². The van der Waals surface area contributed by atoms with E-state index in [9.17, 15) is 0 Å². The molecule has 10 aromatic rings. The van der Waals surface area contributed by atoms with Crippen LogP contribution < -0.4 is 0 Å². The van der Waals surface area contributed by atoms with Gasteiger partial charge in [0.15, 0.2) is 5.82 Å². The zero-order valence-corrected chi connectivity index (χ0v) is 28.2. The first kappa shape index (κ1) is 29.9. The first-order valence-corrected chi connectivity index (χ1v) is 17.6. The number of nitrogens with zero attached hydrogens (tertiary/aromatic N) is 3. The summed E-state index contributed by atoms with van der Waals surface area (Å²) >= 11 is 0. The van der Waals surface area contributed by atoms with Crippen LogP contribution >= 0.6 is 0 Å². The van der Waals surface area contributed by atoms with E-state index >= 15 is 0 Å². The Hall–Kier alpha value is -6.97. The van der Waals surface area contributed by atoms with Crippen LogP contribution in [0.5, 0.6) is 0 Å². The van der Waals surface area contributed by atoms with Gasteiger partial charge in [-0.2, -0.15) is 0 Å². The lowest BCUT2D eigenvalue weighted by atomic mass is 9.91. The number of benzene rings is 8. The van der Waals surface area contributed by atoms with Gasteiger partial charge in [-0.15, -0.1) is 0 Å². The Kier molecular flexibility index (Phi) is 7.14. The van der Waals surface area contributed by atoms with Gasteiger partial charge >= 0.3 is 0 Å². The number of hydrogen-bond acceptors (Lipinski definition) is 3. The van der Waals surface area contributed by atoms with E-state index < -0.39 is 0 Å². The van der Waals surface area contributed by atoms with E-state index in [4.69, 9.17) is 9.97 Å². The molecule has 0 aliphatic carbocycles. The molecule has 0 fully saturated rings. The fraction of sp³-hybridized carbons (Fsp3) is 0. The number of fused-ring (bicyclic) bond motifs is 7. The molecule has 0 unspecified atom stereocenters. The average molecular weight is 662 g/mol. The number of rotatable bonds is 5. The predicted molar refractivity (Wildman–Crippen MR) is 217 cm³/mol. The molecule has 8 aromatic carbocycles. The summed E-state index contributed by atoms with van der Waals surface area (Å²) < 4.78 is 0. The van der Waals surface area contributed by atoms with Crippen molar-refractivity contribution in [2.45, 2.75) is 0 Å². The summed E-state index contributed by atoms with van der Waals surface area (Å²) in [7, 11) is 0. The number of para-hydroxylation sites is 1. The summed E-state index contributed by atoms with van der Waals surface area (Å²) in [5, 5.41) is 8.71. The van der Waals surface area contributed by atoms with E-state index in [0.717, 1.165) is 50.0 Å². The molecule has 0 aliphatic rings. The first-order chi connectivity index (χ1) is 25.8. The summed E-state index contributed by atoms with van der Waals surface area (Å²) in [6.45, 7) is 0. The Morgan fingerprint density at radius 3 is 1.46 bits per heavy atom. The van der Waals surface area contributed by atoms with E-state index in [0.29, 0.717) is 5.82 Å². The summed E-state index contributed by atoms with van der Waals surface area (Å²) in [5.41, 5.74) is 10.7. The van der Waals surface area contributed by atoms with Crippen molar-refractivity contribution in [1.29, 1.82) is 0 Å². The molecule has 0 radical (unpaired) electrons. The van der Waals surface area contributed by atoms with Crippen molar-refractivity contribution in [3.8, 4) is 56.0 Å². The summed E-state index contributed by atoms with van der Waals surface area (Å²) in [6, 6.07) is 62.6. The largest absolute Gasteiger partial charge is 0.265 e. The minimum atomic E-state index is 0.699. The lowest BCUT2D eigenvalue weighted by Gasteiger charge is -2.14. The van der Waals surface area contributed by atoms with Gasteiger partial charge in [0.2, 0.25) is 0 Å². The van der Waals surface area contributed by atoms with Crippen LogP contribution in [0.3, 0.4) is 0 Å². The minimum Gasteiger partial charge on any atom is -0.265 e. The monoisotopic (exact) mass is 661 g/mol. The molecule has 0 bridgehead atoms. The molecule has 3 nitrogen and oxygen atoms in total. The van der Waals surface area contributed by atoms with Gasteiger partial charge in [0, 0.05) is 28.9 Å². The molecule has 0 saturated carbocycles. The van der Waals surface area contributed by atoms with E-state index in [-0.39, 0.29) is 0 Å². The van der Waals surface area contributed by atoms with Gasteiger partial charge in [-0.3, -0.25) is 4.98 Å². The van der Waals surface area contributed by atoms with Crippen LogP contribution in [0.1, 0.15) is 0 Å². The Labute approximate surface area is 301 Å². The first-order valence-electron chi connectivity index (χ1n) is 17.6. The number of pyridine rings is 1. The van der Waals surface area contributed by atoms with Crippen LogP contribution in [-0.4, -0.2) is 15.0 Å². The summed E-state index contributed by atoms with van der Waals surface area (Å²) in [4.78, 5) is 14.6. The molecule has 242 valence electrons. The van der Waals surface area contributed by atoms with Gasteiger partial charge < -0.3 is 0 Å². The third-order valence-corrected chi connectivity index (χ3v) is 10.2. The highest BCUT2D eigenvalue weighted by molar-refractivity contribution is 6.25. The molecule has 0 spiro atoms. The Morgan fingerprint density at radius 1 is 0.288 bits per heavy atom. The second-order valence-electron chi connectivity index (χ2n) is 13.2. The molecule has 0 N–H and O–H groups in total. The fourth-order valence-corrected chi connectivity index (χ4v) is 7.69. The third kappa shape index (κ3) is 5.10. The van der Waals surface area contributed by atoms with Crippen LogP contribution in [0.15, 0.2) is 188 Å². The van der Waals surface area contributed by atoms with Crippen molar-refractivity contribution in [3.05, 3.63) is 188 Å². The molecular weight excluding hydrogens is 631 g/mol. The van der Waals surface area contributed by atoms with Gasteiger partial charge in [-0.25, -0.2) is 9.97 Å². The third-order valence-electron chi connectivity index (χ3n) is 10.2. The summed E-state index contributed by atoms with van der Waals surface area (Å²) in [6.07, 6.45) is 3.67. The Bertz CT molecular complexity index is 2930. The highest BCUT2D eigenvalue weighted by Crippen LogP contribution is 2.39. The van der Waals surface area contributed by atoms with Crippen LogP contribution in [0, 0.1) is 0 Å². The zero-order chi connectivity index (χ0) is 34.4. The summed E-state index contributed by atoms with van der Waals surface area (Å²) in [5.74, 6) is 0.699. The topological polar surface area (TPSA) is 38.7 Å². The molecule has 2 heterocycles. The Balaban J connectivity index is 1.07. The number of hydrogen-bond donors (Lipinski definition) is 0. The van der Waals surface area contributed by atoms with Crippen LogP contribution in [0.25, 0.3) is 99.2 Å². The van der Waals surface area contributed by atoms with Crippen molar-refractivity contribution in [1.82, 2.24) is 15.0 Å². The smallest absolute Gasteiger partial charge is 0.160 e. The molecule has 2 aromatic heterocycles. The molecular formula is C49H31N3. The highest BCUT2D eigenvalue weighted by atomic mass is 14.9. The van der Waals surface area contributed by atoms with Gasteiger partial charge in [0.25, 0.3) is 0 Å². The molecule has 0 amide bonds. The zero-order valence-electron chi connectivity index (χ0n) is 28.2. The lowest BCUT2D eigenvalue weighted by molar-refractivity contribution is 1.23.